The van der Waals surface area contributed by atoms with Gasteiger partial charge in [-0.05, 0) is 48.1 Å². The second kappa shape index (κ2) is 11.1. The first-order valence-electron chi connectivity index (χ1n) is 10.3. The molecular formula is C22H30N4O4S2. The van der Waals surface area contributed by atoms with Gasteiger partial charge in [0.15, 0.2) is 5.11 Å². The average Bonchev–Trinajstić information content (AvgIpc) is 2.80. The van der Waals surface area contributed by atoms with E-state index in [9.17, 15) is 8.42 Å². The molecule has 1 saturated heterocycles. The number of sulfonamides is 1. The molecular weight excluding hydrogens is 448 g/mol. The van der Waals surface area contributed by atoms with Gasteiger partial charge in [-0.2, -0.15) is 0 Å². The molecule has 1 fully saturated rings. The highest BCUT2D eigenvalue weighted by molar-refractivity contribution is 7.89. The second-order valence-corrected chi connectivity index (χ2v) is 10.1. The van der Waals surface area contributed by atoms with Crippen LogP contribution in [0.1, 0.15) is 11.6 Å². The lowest BCUT2D eigenvalue weighted by Gasteiger charge is -2.35. The molecule has 32 heavy (non-hydrogen) atoms. The standard InChI is InChI=1S/C22H30N4O4S2/c1-25(2)32(27,28)20-6-4-5-18(15-20)24-22(31)23-16-21(26-11-13-30-14-12-26)17-7-9-19(29-3)10-8-17/h4-10,15,21H,11-14,16H2,1-3H3,(H2,23,24,31)/t21-/m1/s1. The summed E-state index contributed by atoms with van der Waals surface area (Å²) in [5, 5.41) is 6.81. The predicted octanol–water partition coefficient (Wildman–Crippen LogP) is 2.31. The Bertz CT molecular complexity index is 1010. The number of rotatable bonds is 8. The zero-order chi connectivity index (χ0) is 23.1. The molecule has 0 aliphatic carbocycles. The fraction of sp³-hybridized carbons (Fsp3) is 0.409. The molecule has 1 atom stereocenters. The number of thiocarbonyl (C=S) groups is 1. The first-order chi connectivity index (χ1) is 15.3. The van der Waals surface area contributed by atoms with Crippen molar-refractivity contribution in [3.8, 4) is 5.75 Å². The number of nitrogens with zero attached hydrogens (tertiary/aromatic N) is 2. The fourth-order valence-electron chi connectivity index (χ4n) is 3.48. The van der Waals surface area contributed by atoms with Crippen molar-refractivity contribution in [3.63, 3.8) is 0 Å². The molecule has 0 spiro atoms. The van der Waals surface area contributed by atoms with Crippen LogP contribution in [0.2, 0.25) is 0 Å². The Labute approximate surface area is 195 Å². The van der Waals surface area contributed by atoms with Crippen LogP contribution >= 0.6 is 12.2 Å². The van der Waals surface area contributed by atoms with E-state index in [1.807, 2.05) is 12.1 Å². The van der Waals surface area contributed by atoms with Crippen LogP contribution in [0.15, 0.2) is 53.4 Å². The van der Waals surface area contributed by atoms with E-state index in [-0.39, 0.29) is 10.9 Å². The Hall–Kier alpha value is -2.24. The summed E-state index contributed by atoms with van der Waals surface area (Å²) in [4.78, 5) is 2.57. The van der Waals surface area contributed by atoms with Gasteiger partial charge in [0.2, 0.25) is 10.0 Å². The molecule has 0 unspecified atom stereocenters. The lowest BCUT2D eigenvalue weighted by atomic mass is 10.0. The Morgan fingerprint density at radius 1 is 1.19 bits per heavy atom. The molecule has 174 valence electrons. The van der Waals surface area contributed by atoms with Crippen LogP contribution in [-0.4, -0.2) is 76.8 Å². The highest BCUT2D eigenvalue weighted by Gasteiger charge is 2.23. The van der Waals surface area contributed by atoms with E-state index >= 15 is 0 Å². The van der Waals surface area contributed by atoms with Gasteiger partial charge in [-0.25, -0.2) is 12.7 Å². The third-order valence-corrected chi connectivity index (χ3v) is 7.37. The van der Waals surface area contributed by atoms with Gasteiger partial charge in [0.1, 0.15) is 5.75 Å². The molecule has 1 aliphatic rings. The normalized spacial score (nSPS) is 15.9. The summed E-state index contributed by atoms with van der Waals surface area (Å²) < 4.78 is 36.8. The average molecular weight is 479 g/mol. The van der Waals surface area contributed by atoms with Gasteiger partial charge in [-0.1, -0.05) is 18.2 Å². The number of ether oxygens (including phenoxy) is 2. The van der Waals surface area contributed by atoms with Crippen molar-refractivity contribution in [1.29, 1.82) is 0 Å². The zero-order valence-electron chi connectivity index (χ0n) is 18.6. The molecule has 3 rings (SSSR count). The first kappa shape index (κ1) is 24.4. The summed E-state index contributed by atoms with van der Waals surface area (Å²) in [7, 11) is 1.15. The maximum Gasteiger partial charge on any atom is 0.242 e. The highest BCUT2D eigenvalue weighted by Crippen LogP contribution is 2.24. The van der Waals surface area contributed by atoms with E-state index in [0.717, 1.165) is 24.4 Å². The number of benzene rings is 2. The topological polar surface area (TPSA) is 83.1 Å². The van der Waals surface area contributed by atoms with E-state index in [1.54, 1.807) is 31.4 Å². The van der Waals surface area contributed by atoms with Crippen molar-refractivity contribution >= 4 is 33.0 Å². The Morgan fingerprint density at radius 3 is 2.50 bits per heavy atom. The van der Waals surface area contributed by atoms with Gasteiger partial charge in [-0.15, -0.1) is 0 Å². The van der Waals surface area contributed by atoms with Crippen molar-refractivity contribution in [1.82, 2.24) is 14.5 Å². The van der Waals surface area contributed by atoms with Crippen molar-refractivity contribution in [2.75, 3.05) is 59.4 Å². The molecule has 1 heterocycles. The molecule has 1 aliphatic heterocycles. The molecule has 2 aromatic carbocycles. The van der Waals surface area contributed by atoms with E-state index < -0.39 is 10.0 Å². The molecule has 2 N–H and O–H groups in total. The van der Waals surface area contributed by atoms with Crippen LogP contribution in [0.25, 0.3) is 0 Å². The minimum absolute atomic E-state index is 0.102. The molecule has 8 nitrogen and oxygen atoms in total. The van der Waals surface area contributed by atoms with Crippen LogP contribution in [0.4, 0.5) is 5.69 Å². The van der Waals surface area contributed by atoms with Crippen LogP contribution < -0.4 is 15.4 Å². The fourth-order valence-corrected chi connectivity index (χ4v) is 4.63. The van der Waals surface area contributed by atoms with E-state index in [1.165, 1.54) is 18.4 Å². The van der Waals surface area contributed by atoms with Gasteiger partial charge in [0, 0.05) is 39.4 Å². The summed E-state index contributed by atoms with van der Waals surface area (Å²) in [6.45, 7) is 3.66. The minimum atomic E-state index is -3.52. The van der Waals surface area contributed by atoms with Gasteiger partial charge < -0.3 is 20.1 Å². The largest absolute Gasteiger partial charge is 0.497 e. The molecule has 2 aromatic rings. The van der Waals surface area contributed by atoms with Crippen molar-refractivity contribution in [2.24, 2.45) is 0 Å². The smallest absolute Gasteiger partial charge is 0.242 e. The minimum Gasteiger partial charge on any atom is -0.497 e. The van der Waals surface area contributed by atoms with E-state index in [4.69, 9.17) is 21.7 Å². The SMILES string of the molecule is COc1ccc([C@@H](CNC(=S)Nc2cccc(S(=O)(=O)N(C)C)c2)N2CCOCC2)cc1. The van der Waals surface area contributed by atoms with Gasteiger partial charge in [0.05, 0.1) is 31.3 Å². The number of hydrogen-bond donors (Lipinski definition) is 2. The Balaban J connectivity index is 1.68. The predicted molar refractivity (Wildman–Crippen MR) is 130 cm³/mol. The number of anilines is 1. The summed E-state index contributed by atoms with van der Waals surface area (Å²) in [5.74, 6) is 0.812. The van der Waals surface area contributed by atoms with Crippen molar-refractivity contribution < 1.29 is 17.9 Å². The molecule has 0 aromatic heterocycles. The summed E-state index contributed by atoms with van der Waals surface area (Å²) in [6.07, 6.45) is 0. The Kier molecular flexibility index (Phi) is 8.44. The van der Waals surface area contributed by atoms with E-state index in [0.29, 0.717) is 30.6 Å². The summed E-state index contributed by atoms with van der Waals surface area (Å²) in [6, 6.07) is 14.7. The third kappa shape index (κ3) is 6.17. The first-order valence-corrected chi connectivity index (χ1v) is 12.2. The van der Waals surface area contributed by atoms with Gasteiger partial charge >= 0.3 is 0 Å². The molecule has 10 heteroatoms. The second-order valence-electron chi connectivity index (χ2n) is 7.59. The van der Waals surface area contributed by atoms with Crippen LogP contribution in [0.3, 0.4) is 0 Å². The highest BCUT2D eigenvalue weighted by atomic mass is 32.2. The summed E-state index contributed by atoms with van der Waals surface area (Å²) in [5.41, 5.74) is 1.76. The summed E-state index contributed by atoms with van der Waals surface area (Å²) >= 11 is 5.49. The van der Waals surface area contributed by atoms with Crippen LogP contribution in [0.5, 0.6) is 5.75 Å². The van der Waals surface area contributed by atoms with Crippen molar-refractivity contribution in [3.05, 3.63) is 54.1 Å². The molecule has 0 radical (unpaired) electrons. The monoisotopic (exact) mass is 478 g/mol. The molecule has 0 saturated carbocycles. The number of hydrogen-bond acceptors (Lipinski definition) is 6. The Morgan fingerprint density at radius 2 is 1.88 bits per heavy atom. The van der Waals surface area contributed by atoms with E-state index in [2.05, 4.69) is 27.7 Å². The van der Waals surface area contributed by atoms with Crippen molar-refractivity contribution in [2.45, 2.75) is 10.9 Å². The number of morpholine rings is 1. The maximum atomic E-state index is 12.4. The molecule has 0 amide bonds. The quantitative estimate of drug-likeness (QED) is 0.560. The maximum absolute atomic E-state index is 12.4. The van der Waals surface area contributed by atoms with Gasteiger partial charge in [0.25, 0.3) is 0 Å². The third-order valence-electron chi connectivity index (χ3n) is 5.31. The zero-order valence-corrected chi connectivity index (χ0v) is 20.2. The number of nitrogens with one attached hydrogen (secondary N) is 2. The van der Waals surface area contributed by atoms with Crippen LogP contribution in [-0.2, 0) is 14.8 Å². The lowest BCUT2D eigenvalue weighted by molar-refractivity contribution is 0.0170. The lowest BCUT2D eigenvalue weighted by Crippen LogP contribution is -2.44. The van der Waals surface area contributed by atoms with Gasteiger partial charge in [-0.3, -0.25) is 4.90 Å². The molecule has 0 bridgehead atoms. The van der Waals surface area contributed by atoms with Crippen LogP contribution in [0, 0.1) is 0 Å². The number of methoxy groups -OCH3 is 1.